The van der Waals surface area contributed by atoms with E-state index in [1.54, 1.807) is 0 Å². The predicted octanol–water partition coefficient (Wildman–Crippen LogP) is 2.24. The van der Waals surface area contributed by atoms with Gasteiger partial charge in [0.05, 0.1) is 24.4 Å². The Kier molecular flexibility index (Phi) is 21.0. The van der Waals surface area contributed by atoms with Gasteiger partial charge in [-0.3, -0.25) is 0 Å². The molecule has 298 valence electrons. The molecule has 0 bridgehead atoms. The van der Waals surface area contributed by atoms with Crippen LogP contribution in [0.4, 0.5) is 0 Å². The van der Waals surface area contributed by atoms with E-state index in [4.69, 9.17) is 56.8 Å². The van der Waals surface area contributed by atoms with E-state index in [-0.39, 0.29) is 37.5 Å². The van der Waals surface area contributed by atoms with Crippen molar-refractivity contribution < 1.29 is 85.6 Å². The van der Waals surface area contributed by atoms with E-state index in [1.807, 2.05) is 0 Å². The second-order valence-corrected chi connectivity index (χ2v) is 11.3. The van der Waals surface area contributed by atoms with Crippen LogP contribution in [0.25, 0.3) is 0 Å². The minimum Gasteiger partial charge on any atom is -0.435 e. The summed E-state index contributed by atoms with van der Waals surface area (Å²) in [5.41, 5.74) is 0. The van der Waals surface area contributed by atoms with Crippen molar-refractivity contribution >= 4 is 35.8 Å². The summed E-state index contributed by atoms with van der Waals surface area (Å²) in [4.78, 5) is 70.7. The zero-order chi connectivity index (χ0) is 39.9. The summed E-state index contributed by atoms with van der Waals surface area (Å²) in [5, 5.41) is 0. The quantitative estimate of drug-likeness (QED) is 0.0564. The number of carbonyl (C=O) groups excluding carboxylic acids is 6. The molecule has 0 aliphatic heterocycles. The van der Waals surface area contributed by atoms with Gasteiger partial charge in [-0.1, -0.05) is 39.5 Å². The maximum absolute atomic E-state index is 11.8. The van der Waals surface area contributed by atoms with Gasteiger partial charge in [0.25, 0.3) is 0 Å². The van der Waals surface area contributed by atoms with Gasteiger partial charge in [-0.2, -0.15) is 0 Å². The summed E-state index contributed by atoms with van der Waals surface area (Å²) in [6.07, 6.45) is 1.22. The molecule has 2 aliphatic rings. The first-order valence-corrected chi connectivity index (χ1v) is 16.4. The predicted molar refractivity (Wildman–Crippen MR) is 182 cm³/mol. The van der Waals surface area contributed by atoms with Crippen LogP contribution in [-0.2, 0) is 85.6 Å². The van der Waals surface area contributed by atoms with Crippen LogP contribution in [0.1, 0.15) is 25.7 Å². The van der Waals surface area contributed by atoms with E-state index in [2.05, 4.69) is 39.5 Å². The zero-order valence-corrected chi connectivity index (χ0v) is 29.7. The summed E-state index contributed by atoms with van der Waals surface area (Å²) in [5.74, 6) is -5.19. The minimum absolute atomic E-state index is 0.238. The van der Waals surface area contributed by atoms with E-state index in [9.17, 15) is 28.8 Å². The van der Waals surface area contributed by atoms with Crippen LogP contribution in [-0.4, -0.2) is 113 Å². The molecule has 2 aliphatic carbocycles. The minimum atomic E-state index is -0.960. The molecule has 0 aromatic rings. The van der Waals surface area contributed by atoms with Crippen LogP contribution in [0.15, 0.2) is 75.9 Å². The summed E-state index contributed by atoms with van der Waals surface area (Å²) in [6.45, 7) is 17.0. The highest BCUT2D eigenvalue weighted by Gasteiger charge is 2.48. The fraction of sp³-hybridized carbons (Fsp3) is 0.500. The Labute approximate surface area is 312 Å². The number of hydrogen-bond acceptors (Lipinski definition) is 18. The van der Waals surface area contributed by atoms with Gasteiger partial charge < -0.3 is 56.8 Å². The first-order valence-electron chi connectivity index (χ1n) is 16.4. The van der Waals surface area contributed by atoms with Gasteiger partial charge in [-0.15, -0.1) is 0 Å². The maximum Gasteiger partial charge on any atom is 0.332 e. The lowest BCUT2D eigenvalue weighted by molar-refractivity contribution is -0.245. The highest BCUT2D eigenvalue weighted by atomic mass is 16.7. The second kappa shape index (κ2) is 25.1. The van der Waals surface area contributed by atoms with Crippen molar-refractivity contribution in [3.63, 3.8) is 0 Å². The highest BCUT2D eigenvalue weighted by molar-refractivity contribution is 5.82. The lowest BCUT2D eigenvalue weighted by Crippen LogP contribution is -2.54. The van der Waals surface area contributed by atoms with Crippen molar-refractivity contribution in [1.82, 2.24) is 0 Å². The van der Waals surface area contributed by atoms with Crippen molar-refractivity contribution in [2.45, 2.75) is 62.3 Å². The molecular formula is C36H46O18. The van der Waals surface area contributed by atoms with Gasteiger partial charge in [0.1, 0.15) is 12.2 Å². The van der Waals surface area contributed by atoms with Crippen LogP contribution in [0, 0.1) is 11.8 Å². The third-order valence-electron chi connectivity index (χ3n) is 8.13. The van der Waals surface area contributed by atoms with Crippen LogP contribution in [0.5, 0.6) is 0 Å². The van der Waals surface area contributed by atoms with Gasteiger partial charge in [-0.05, 0) is 37.5 Å². The third kappa shape index (κ3) is 15.9. The van der Waals surface area contributed by atoms with Crippen molar-refractivity contribution in [3.8, 4) is 0 Å². The molecule has 2 saturated carbocycles. The molecule has 18 nitrogen and oxygen atoms in total. The van der Waals surface area contributed by atoms with E-state index in [0.717, 1.165) is 36.5 Å². The van der Waals surface area contributed by atoms with Crippen molar-refractivity contribution in [3.05, 3.63) is 75.9 Å². The first kappa shape index (κ1) is 45.2. The van der Waals surface area contributed by atoms with E-state index in [0.29, 0.717) is 0 Å². The Balaban J connectivity index is 2.48. The van der Waals surface area contributed by atoms with Crippen molar-refractivity contribution in [2.75, 3.05) is 40.8 Å². The standard InChI is InChI=1S/C36H46O18/c1-7-29(37)47-17-43-25-13-23(14-26(44-18-48-30(38)8-2)35(25)53-21-51-33(41)11-5)24-15-27(45-19-49-31(39)9-3)36(54-22-52-34(42)12-6)28(16-24)46-20-50-32(40)10-4/h7-12,23-28,35-36H,1-6,13-22H2. The maximum atomic E-state index is 11.8. The van der Waals surface area contributed by atoms with Gasteiger partial charge in [-0.25, -0.2) is 28.8 Å². The smallest absolute Gasteiger partial charge is 0.332 e. The lowest BCUT2D eigenvalue weighted by atomic mass is 9.69. The lowest BCUT2D eigenvalue weighted by Gasteiger charge is -2.47. The molecular weight excluding hydrogens is 720 g/mol. The fourth-order valence-corrected chi connectivity index (χ4v) is 5.66. The summed E-state index contributed by atoms with van der Waals surface area (Å²) in [6, 6.07) is 0. The molecule has 0 N–H and O–H groups in total. The van der Waals surface area contributed by atoms with Crippen LogP contribution in [0.2, 0.25) is 0 Å². The van der Waals surface area contributed by atoms with E-state index >= 15 is 0 Å². The molecule has 4 unspecified atom stereocenters. The van der Waals surface area contributed by atoms with Gasteiger partial charge in [0, 0.05) is 36.5 Å². The molecule has 0 saturated heterocycles. The van der Waals surface area contributed by atoms with Crippen LogP contribution in [0.3, 0.4) is 0 Å². The molecule has 0 heterocycles. The third-order valence-corrected chi connectivity index (χ3v) is 8.13. The highest BCUT2D eigenvalue weighted by Crippen LogP contribution is 2.43. The molecule has 0 aromatic heterocycles. The average molecular weight is 767 g/mol. The number of rotatable bonds is 25. The number of hydrogen-bond donors (Lipinski definition) is 0. The second-order valence-electron chi connectivity index (χ2n) is 11.3. The van der Waals surface area contributed by atoms with Gasteiger partial charge in [0.2, 0.25) is 0 Å². The SMILES string of the molecule is C=CC(=O)OCOC1CC(C2CC(OCOC(=O)C=C)C(OCOC(=O)C=C)C(OCOC(=O)C=C)C2)CC(OCOC(=O)C=C)C1OCOC(=O)C=C. The summed E-state index contributed by atoms with van der Waals surface area (Å²) < 4.78 is 65.9. The average Bonchev–Trinajstić information content (AvgIpc) is 3.18. The Morgan fingerprint density at radius 1 is 0.352 bits per heavy atom. The topological polar surface area (TPSA) is 213 Å². The Hall–Kier alpha value is -4.98. The molecule has 54 heavy (non-hydrogen) atoms. The molecule has 2 fully saturated rings. The molecule has 0 amide bonds. The van der Waals surface area contributed by atoms with Crippen molar-refractivity contribution in [2.24, 2.45) is 11.8 Å². The molecule has 0 spiro atoms. The van der Waals surface area contributed by atoms with E-state index < -0.39 is 113 Å². The number of esters is 6. The molecule has 0 radical (unpaired) electrons. The van der Waals surface area contributed by atoms with Crippen molar-refractivity contribution in [1.29, 1.82) is 0 Å². The van der Waals surface area contributed by atoms with Crippen LogP contribution >= 0.6 is 0 Å². The molecule has 18 heteroatoms. The monoisotopic (exact) mass is 766 g/mol. The van der Waals surface area contributed by atoms with Crippen LogP contribution < -0.4 is 0 Å². The first-order chi connectivity index (χ1) is 26.0. The fourth-order valence-electron chi connectivity index (χ4n) is 5.66. The molecule has 4 atom stereocenters. The normalized spacial score (nSPS) is 24.7. The Morgan fingerprint density at radius 3 is 0.722 bits per heavy atom. The summed E-state index contributed by atoms with van der Waals surface area (Å²) >= 11 is 0. The molecule has 0 aromatic carbocycles. The zero-order valence-electron chi connectivity index (χ0n) is 29.7. The van der Waals surface area contributed by atoms with Gasteiger partial charge in [0.15, 0.2) is 40.8 Å². The molecule has 2 rings (SSSR count). The summed E-state index contributed by atoms with van der Waals surface area (Å²) in [7, 11) is 0. The number of carbonyl (C=O) groups is 6. The Morgan fingerprint density at radius 2 is 0.537 bits per heavy atom. The van der Waals surface area contributed by atoms with Gasteiger partial charge >= 0.3 is 35.8 Å². The largest absolute Gasteiger partial charge is 0.435 e. The van der Waals surface area contributed by atoms with E-state index in [1.165, 1.54) is 0 Å². The number of ether oxygens (including phenoxy) is 12. The Bertz CT molecular complexity index is 1170.